The highest BCUT2D eigenvalue weighted by Crippen LogP contribution is 2.26. The second kappa shape index (κ2) is 9.28. The number of hydrogen-bond acceptors (Lipinski definition) is 4. The van der Waals surface area contributed by atoms with Crippen LogP contribution < -0.4 is 9.62 Å². The first-order chi connectivity index (χ1) is 14.3. The van der Waals surface area contributed by atoms with Gasteiger partial charge >= 0.3 is 0 Å². The van der Waals surface area contributed by atoms with Crippen molar-refractivity contribution in [2.24, 2.45) is 0 Å². The van der Waals surface area contributed by atoms with Gasteiger partial charge in [0.15, 0.2) is 0 Å². The zero-order valence-electron chi connectivity index (χ0n) is 16.7. The lowest BCUT2D eigenvalue weighted by molar-refractivity contribution is -0.119. The molecular formula is C22H22ClN3O3S. The van der Waals surface area contributed by atoms with Crippen LogP contribution >= 0.6 is 11.6 Å². The summed E-state index contributed by atoms with van der Waals surface area (Å²) in [6.07, 6.45) is 1.63. The van der Waals surface area contributed by atoms with Crippen LogP contribution in [0.5, 0.6) is 0 Å². The first kappa shape index (κ1) is 21.8. The summed E-state index contributed by atoms with van der Waals surface area (Å²) in [6, 6.07) is 16.5. The van der Waals surface area contributed by atoms with Crippen LogP contribution in [0.2, 0.25) is 5.02 Å². The monoisotopic (exact) mass is 443 g/mol. The van der Waals surface area contributed by atoms with Crippen LogP contribution in [0.4, 0.5) is 5.69 Å². The van der Waals surface area contributed by atoms with Crippen molar-refractivity contribution in [3.63, 3.8) is 0 Å². The number of halogens is 1. The molecule has 1 N–H and O–H groups in total. The average Bonchev–Trinajstić information content (AvgIpc) is 2.73. The molecule has 3 rings (SSSR count). The van der Waals surface area contributed by atoms with E-state index in [-0.39, 0.29) is 18.0 Å². The third-order valence-electron chi connectivity index (χ3n) is 4.66. The first-order valence-corrected chi connectivity index (χ1v) is 11.1. The SMILES string of the molecule is Cc1ccc(N(CC(=O)NCc2ccccn2)S(=O)(=O)c2ccc(Cl)cc2)cc1C. The number of carbonyl (C=O) groups is 1. The molecule has 1 aromatic heterocycles. The Hall–Kier alpha value is -2.90. The van der Waals surface area contributed by atoms with Gasteiger partial charge in [0.05, 0.1) is 22.8 Å². The van der Waals surface area contributed by atoms with Gasteiger partial charge in [-0.1, -0.05) is 23.7 Å². The molecule has 0 radical (unpaired) electrons. The smallest absolute Gasteiger partial charge is 0.264 e. The van der Waals surface area contributed by atoms with Gasteiger partial charge < -0.3 is 5.32 Å². The normalized spacial score (nSPS) is 11.2. The summed E-state index contributed by atoms with van der Waals surface area (Å²) in [6.45, 7) is 3.69. The maximum absolute atomic E-state index is 13.3. The Kier molecular flexibility index (Phi) is 6.74. The minimum absolute atomic E-state index is 0.0580. The Labute approximate surface area is 181 Å². The fourth-order valence-corrected chi connectivity index (χ4v) is 4.35. The van der Waals surface area contributed by atoms with E-state index in [4.69, 9.17) is 11.6 Å². The van der Waals surface area contributed by atoms with Crippen molar-refractivity contribution < 1.29 is 13.2 Å². The fraction of sp³-hybridized carbons (Fsp3) is 0.182. The van der Waals surface area contributed by atoms with Gasteiger partial charge in [0.2, 0.25) is 5.91 Å². The Balaban J connectivity index is 1.90. The third kappa shape index (κ3) is 5.17. The summed E-state index contributed by atoms with van der Waals surface area (Å²) >= 11 is 5.90. The number of carbonyl (C=O) groups excluding carboxylic acids is 1. The number of benzene rings is 2. The lowest BCUT2D eigenvalue weighted by Gasteiger charge is -2.25. The largest absolute Gasteiger partial charge is 0.349 e. The zero-order valence-corrected chi connectivity index (χ0v) is 18.2. The molecule has 0 atom stereocenters. The molecule has 6 nitrogen and oxygen atoms in total. The van der Waals surface area contributed by atoms with E-state index in [2.05, 4.69) is 10.3 Å². The number of nitrogens with one attached hydrogen (secondary N) is 1. The molecule has 0 saturated heterocycles. The molecule has 0 spiro atoms. The highest BCUT2D eigenvalue weighted by molar-refractivity contribution is 7.92. The minimum Gasteiger partial charge on any atom is -0.349 e. The van der Waals surface area contributed by atoms with Crippen molar-refractivity contribution in [1.29, 1.82) is 0 Å². The highest BCUT2D eigenvalue weighted by Gasteiger charge is 2.27. The molecule has 0 aliphatic carbocycles. The summed E-state index contributed by atoms with van der Waals surface area (Å²) in [4.78, 5) is 16.8. The van der Waals surface area contributed by atoms with E-state index in [9.17, 15) is 13.2 Å². The van der Waals surface area contributed by atoms with Gasteiger partial charge in [0.1, 0.15) is 6.54 Å². The molecule has 0 aliphatic heterocycles. The van der Waals surface area contributed by atoms with Crippen molar-refractivity contribution >= 4 is 33.2 Å². The molecular weight excluding hydrogens is 422 g/mol. The molecule has 0 fully saturated rings. The number of aromatic nitrogens is 1. The van der Waals surface area contributed by atoms with Crippen LogP contribution in [0.15, 0.2) is 71.8 Å². The Morgan fingerprint density at radius 2 is 1.77 bits per heavy atom. The molecule has 0 bridgehead atoms. The summed E-state index contributed by atoms with van der Waals surface area (Å²) < 4.78 is 27.8. The number of amides is 1. The van der Waals surface area contributed by atoms with E-state index in [0.717, 1.165) is 15.4 Å². The molecule has 0 unspecified atom stereocenters. The van der Waals surface area contributed by atoms with Crippen LogP contribution in [0, 0.1) is 13.8 Å². The van der Waals surface area contributed by atoms with Gasteiger partial charge in [-0.2, -0.15) is 0 Å². The third-order valence-corrected chi connectivity index (χ3v) is 6.70. The van der Waals surface area contributed by atoms with Crippen LogP contribution in [-0.4, -0.2) is 25.9 Å². The first-order valence-electron chi connectivity index (χ1n) is 9.29. The number of pyridine rings is 1. The van der Waals surface area contributed by atoms with Gasteiger partial charge in [-0.25, -0.2) is 8.42 Å². The van der Waals surface area contributed by atoms with Crippen LogP contribution in [0.3, 0.4) is 0 Å². The zero-order chi connectivity index (χ0) is 21.7. The number of aryl methyl sites for hydroxylation is 2. The number of sulfonamides is 1. The van der Waals surface area contributed by atoms with E-state index >= 15 is 0 Å². The van der Waals surface area contributed by atoms with Crippen molar-refractivity contribution in [3.05, 3.63) is 88.7 Å². The standard InChI is InChI=1S/C22H22ClN3O3S/c1-16-6-9-20(13-17(16)2)26(30(28,29)21-10-7-18(23)8-11-21)15-22(27)25-14-19-5-3-4-12-24-19/h3-13H,14-15H2,1-2H3,(H,25,27). The van der Waals surface area contributed by atoms with E-state index < -0.39 is 15.9 Å². The second-order valence-electron chi connectivity index (χ2n) is 6.83. The quantitative estimate of drug-likeness (QED) is 0.601. The maximum Gasteiger partial charge on any atom is 0.264 e. The predicted molar refractivity (Wildman–Crippen MR) is 118 cm³/mol. The number of anilines is 1. The predicted octanol–water partition coefficient (Wildman–Crippen LogP) is 3.86. The second-order valence-corrected chi connectivity index (χ2v) is 9.13. The van der Waals surface area contributed by atoms with E-state index in [1.807, 2.05) is 26.0 Å². The lowest BCUT2D eigenvalue weighted by atomic mass is 10.1. The van der Waals surface area contributed by atoms with E-state index in [1.54, 1.807) is 30.5 Å². The molecule has 8 heteroatoms. The van der Waals surface area contributed by atoms with Crippen molar-refractivity contribution in [3.8, 4) is 0 Å². The van der Waals surface area contributed by atoms with Gasteiger partial charge in [-0.15, -0.1) is 0 Å². The van der Waals surface area contributed by atoms with Gasteiger partial charge in [0.25, 0.3) is 10.0 Å². The van der Waals surface area contributed by atoms with Crippen molar-refractivity contribution in [2.45, 2.75) is 25.3 Å². The van der Waals surface area contributed by atoms with Gasteiger partial charge in [-0.05, 0) is 73.5 Å². The lowest BCUT2D eigenvalue weighted by Crippen LogP contribution is -2.40. The summed E-state index contributed by atoms with van der Waals surface area (Å²) in [5.74, 6) is -0.434. The van der Waals surface area contributed by atoms with Crippen LogP contribution in [-0.2, 0) is 21.4 Å². The molecule has 30 heavy (non-hydrogen) atoms. The molecule has 0 saturated carbocycles. The van der Waals surface area contributed by atoms with Crippen LogP contribution in [0.1, 0.15) is 16.8 Å². The van der Waals surface area contributed by atoms with Crippen molar-refractivity contribution in [2.75, 3.05) is 10.8 Å². The molecule has 1 amide bonds. The van der Waals surface area contributed by atoms with E-state index in [0.29, 0.717) is 16.4 Å². The molecule has 156 valence electrons. The minimum atomic E-state index is -3.98. The fourth-order valence-electron chi connectivity index (χ4n) is 2.81. The molecule has 2 aromatic carbocycles. The Bertz CT molecular complexity index is 1130. The number of hydrogen-bond donors (Lipinski definition) is 1. The Morgan fingerprint density at radius 3 is 2.40 bits per heavy atom. The summed E-state index contributed by atoms with van der Waals surface area (Å²) in [7, 11) is -3.98. The molecule has 0 aliphatic rings. The average molecular weight is 444 g/mol. The van der Waals surface area contributed by atoms with E-state index in [1.165, 1.54) is 24.3 Å². The highest BCUT2D eigenvalue weighted by atomic mass is 35.5. The number of nitrogens with zero attached hydrogens (tertiary/aromatic N) is 2. The van der Waals surface area contributed by atoms with Crippen LogP contribution in [0.25, 0.3) is 0 Å². The summed E-state index contributed by atoms with van der Waals surface area (Å²) in [5.41, 5.74) is 3.06. The summed E-state index contributed by atoms with van der Waals surface area (Å²) in [5, 5.41) is 3.16. The Morgan fingerprint density at radius 1 is 1.03 bits per heavy atom. The molecule has 1 heterocycles. The topological polar surface area (TPSA) is 79.4 Å². The number of rotatable bonds is 7. The maximum atomic E-state index is 13.3. The van der Waals surface area contributed by atoms with Crippen molar-refractivity contribution in [1.82, 2.24) is 10.3 Å². The molecule has 3 aromatic rings. The van der Waals surface area contributed by atoms with Gasteiger partial charge in [0, 0.05) is 11.2 Å². The van der Waals surface area contributed by atoms with Gasteiger partial charge in [-0.3, -0.25) is 14.1 Å².